The van der Waals surface area contributed by atoms with E-state index in [2.05, 4.69) is 36.8 Å². The zero-order valence-electron chi connectivity index (χ0n) is 10.8. The Balaban J connectivity index is 1.90. The minimum absolute atomic E-state index is 0.508. The van der Waals surface area contributed by atoms with Crippen LogP contribution in [0.5, 0.6) is 0 Å². The Kier molecular flexibility index (Phi) is 5.16. The Morgan fingerprint density at radius 2 is 1.95 bits per heavy atom. The molecule has 2 aromatic rings. The molecule has 7 heteroatoms. The fourth-order valence-electron chi connectivity index (χ4n) is 1.41. The molecule has 2 N–H and O–H groups in total. The highest BCUT2D eigenvalue weighted by atomic mass is 79.9. The molecule has 1 aromatic heterocycles. The van der Waals surface area contributed by atoms with E-state index >= 15 is 0 Å². The maximum Gasteiger partial charge on any atom is 0.329 e. The van der Waals surface area contributed by atoms with Crippen LogP contribution in [0.25, 0.3) is 0 Å². The van der Waals surface area contributed by atoms with Gasteiger partial charge in [-0.05, 0) is 34.1 Å². The van der Waals surface area contributed by atoms with Crippen LogP contribution < -0.4 is 10.7 Å². The minimum atomic E-state index is -0.856. The van der Waals surface area contributed by atoms with Gasteiger partial charge in [0.2, 0.25) is 0 Å². The lowest BCUT2D eigenvalue weighted by atomic mass is 10.3. The Labute approximate surface area is 129 Å². The Hall–Kier alpha value is -2.54. The molecule has 1 heterocycles. The van der Waals surface area contributed by atoms with Crippen LogP contribution in [-0.4, -0.2) is 23.0 Å². The third kappa shape index (κ3) is 4.50. The lowest BCUT2D eigenvalue weighted by Gasteiger charge is -2.05. The molecule has 1 aromatic carbocycles. The largest absolute Gasteiger partial charge is 0.329 e. The lowest BCUT2D eigenvalue weighted by Crippen LogP contribution is -2.32. The Morgan fingerprint density at radius 1 is 1.14 bits per heavy atom. The van der Waals surface area contributed by atoms with Crippen molar-refractivity contribution in [2.75, 3.05) is 5.32 Å². The third-order valence-electron chi connectivity index (χ3n) is 2.39. The number of anilines is 1. The number of hydrogen-bond donors (Lipinski definition) is 2. The number of halogens is 1. The standard InChI is InChI=1S/C14H11BrN4O2/c15-11-5-1-2-6-12(11)18-13(20)14(21)19-17-9-10-4-3-7-16-8-10/h1-9H,(H,18,20)(H,19,21)/b17-9-. The first-order chi connectivity index (χ1) is 10.2. The molecular formula is C14H11BrN4O2. The predicted molar refractivity (Wildman–Crippen MR) is 82.7 cm³/mol. The van der Waals surface area contributed by atoms with Crippen molar-refractivity contribution >= 4 is 39.6 Å². The summed E-state index contributed by atoms with van der Waals surface area (Å²) in [6.45, 7) is 0. The molecule has 0 aliphatic carbocycles. The summed E-state index contributed by atoms with van der Waals surface area (Å²) >= 11 is 3.27. The fourth-order valence-corrected chi connectivity index (χ4v) is 1.79. The Bertz CT molecular complexity index is 674. The highest BCUT2D eigenvalue weighted by Crippen LogP contribution is 2.20. The van der Waals surface area contributed by atoms with Crippen LogP contribution in [0, 0.1) is 0 Å². The zero-order valence-corrected chi connectivity index (χ0v) is 12.4. The van der Waals surface area contributed by atoms with Gasteiger partial charge in [0, 0.05) is 22.4 Å². The van der Waals surface area contributed by atoms with Crippen molar-refractivity contribution in [3.05, 3.63) is 58.8 Å². The van der Waals surface area contributed by atoms with E-state index in [0.29, 0.717) is 15.7 Å². The topological polar surface area (TPSA) is 83.5 Å². The summed E-state index contributed by atoms with van der Waals surface area (Å²) in [5, 5.41) is 6.16. The second kappa shape index (κ2) is 7.30. The number of nitrogens with one attached hydrogen (secondary N) is 2. The summed E-state index contributed by atoms with van der Waals surface area (Å²) in [4.78, 5) is 27.2. The number of carbonyl (C=O) groups is 2. The van der Waals surface area contributed by atoms with Gasteiger partial charge in [0.25, 0.3) is 0 Å². The van der Waals surface area contributed by atoms with Crippen LogP contribution >= 0.6 is 15.9 Å². The maximum atomic E-state index is 11.7. The lowest BCUT2D eigenvalue weighted by molar-refractivity contribution is -0.136. The van der Waals surface area contributed by atoms with Gasteiger partial charge < -0.3 is 5.32 Å². The Morgan fingerprint density at radius 3 is 2.67 bits per heavy atom. The number of para-hydroxylation sites is 1. The molecule has 0 saturated heterocycles. The van der Waals surface area contributed by atoms with Gasteiger partial charge in [-0.15, -0.1) is 0 Å². The molecule has 106 valence electrons. The van der Waals surface area contributed by atoms with E-state index in [0.717, 1.165) is 0 Å². The van der Waals surface area contributed by atoms with E-state index in [-0.39, 0.29) is 0 Å². The maximum absolute atomic E-state index is 11.7. The van der Waals surface area contributed by atoms with Gasteiger partial charge in [-0.25, -0.2) is 5.43 Å². The first-order valence-electron chi connectivity index (χ1n) is 5.96. The number of hydrazone groups is 1. The second-order valence-electron chi connectivity index (χ2n) is 3.92. The molecule has 0 radical (unpaired) electrons. The van der Waals surface area contributed by atoms with Crippen molar-refractivity contribution in [2.24, 2.45) is 5.10 Å². The molecule has 0 fully saturated rings. The second-order valence-corrected chi connectivity index (χ2v) is 4.77. The first kappa shape index (κ1) is 14.9. The molecule has 0 unspecified atom stereocenters. The van der Waals surface area contributed by atoms with Crippen molar-refractivity contribution in [1.29, 1.82) is 0 Å². The van der Waals surface area contributed by atoms with Gasteiger partial charge in [-0.3, -0.25) is 14.6 Å². The molecule has 2 rings (SSSR count). The number of aromatic nitrogens is 1. The number of amides is 2. The molecular weight excluding hydrogens is 336 g/mol. The molecule has 0 atom stereocenters. The highest BCUT2D eigenvalue weighted by Gasteiger charge is 2.13. The normalized spacial score (nSPS) is 10.3. The van der Waals surface area contributed by atoms with Crippen LogP contribution in [-0.2, 0) is 9.59 Å². The predicted octanol–water partition coefficient (Wildman–Crippen LogP) is 1.93. The molecule has 0 bridgehead atoms. The van der Waals surface area contributed by atoms with Crippen molar-refractivity contribution in [2.45, 2.75) is 0 Å². The number of rotatable bonds is 3. The smallest absolute Gasteiger partial charge is 0.317 e. The van der Waals surface area contributed by atoms with E-state index in [4.69, 9.17) is 0 Å². The molecule has 2 amide bonds. The number of pyridine rings is 1. The van der Waals surface area contributed by atoms with Crippen molar-refractivity contribution in [3.63, 3.8) is 0 Å². The van der Waals surface area contributed by atoms with Gasteiger partial charge in [0.05, 0.1) is 11.9 Å². The number of carbonyl (C=O) groups excluding carboxylic acids is 2. The quantitative estimate of drug-likeness (QED) is 0.506. The van der Waals surface area contributed by atoms with Gasteiger partial charge in [-0.2, -0.15) is 5.10 Å². The number of hydrogen-bond acceptors (Lipinski definition) is 4. The van der Waals surface area contributed by atoms with Gasteiger partial charge in [-0.1, -0.05) is 18.2 Å². The molecule has 0 aliphatic heterocycles. The summed E-state index contributed by atoms with van der Waals surface area (Å²) in [6.07, 6.45) is 4.61. The fraction of sp³-hybridized carbons (Fsp3) is 0. The van der Waals surface area contributed by atoms with E-state index < -0.39 is 11.8 Å². The monoisotopic (exact) mass is 346 g/mol. The molecule has 0 aliphatic rings. The average molecular weight is 347 g/mol. The summed E-state index contributed by atoms with van der Waals surface area (Å²) in [5.41, 5.74) is 3.37. The first-order valence-corrected chi connectivity index (χ1v) is 6.75. The summed E-state index contributed by atoms with van der Waals surface area (Å²) < 4.78 is 0.685. The molecule has 6 nitrogen and oxygen atoms in total. The highest BCUT2D eigenvalue weighted by molar-refractivity contribution is 9.10. The van der Waals surface area contributed by atoms with Gasteiger partial charge in [0.15, 0.2) is 0 Å². The van der Waals surface area contributed by atoms with E-state index in [9.17, 15) is 9.59 Å². The SMILES string of the molecule is O=C(N/N=C\c1cccnc1)C(=O)Nc1ccccc1Br. The third-order valence-corrected chi connectivity index (χ3v) is 3.08. The zero-order chi connectivity index (χ0) is 15.1. The molecule has 0 saturated carbocycles. The van der Waals surface area contributed by atoms with Gasteiger partial charge in [0.1, 0.15) is 0 Å². The van der Waals surface area contributed by atoms with Crippen molar-refractivity contribution in [1.82, 2.24) is 10.4 Å². The average Bonchev–Trinajstić information content (AvgIpc) is 2.50. The van der Waals surface area contributed by atoms with Gasteiger partial charge >= 0.3 is 11.8 Å². The van der Waals surface area contributed by atoms with Crippen LogP contribution in [0.2, 0.25) is 0 Å². The molecule has 21 heavy (non-hydrogen) atoms. The van der Waals surface area contributed by atoms with E-state index in [1.165, 1.54) is 6.21 Å². The van der Waals surface area contributed by atoms with E-state index in [1.54, 1.807) is 48.8 Å². The number of benzene rings is 1. The summed E-state index contributed by atoms with van der Waals surface area (Å²) in [7, 11) is 0. The van der Waals surface area contributed by atoms with Crippen molar-refractivity contribution in [3.8, 4) is 0 Å². The molecule has 0 spiro atoms. The van der Waals surface area contributed by atoms with Crippen molar-refractivity contribution < 1.29 is 9.59 Å². The van der Waals surface area contributed by atoms with E-state index in [1.807, 2.05) is 0 Å². The number of nitrogens with zero attached hydrogens (tertiary/aromatic N) is 2. The van der Waals surface area contributed by atoms with Crippen LogP contribution in [0.3, 0.4) is 0 Å². The minimum Gasteiger partial charge on any atom is -0.317 e. The van der Waals surface area contributed by atoms with Crippen LogP contribution in [0.15, 0.2) is 58.4 Å². The summed E-state index contributed by atoms with van der Waals surface area (Å²) in [5.74, 6) is -1.66. The summed E-state index contributed by atoms with van der Waals surface area (Å²) in [6, 6.07) is 10.5. The van der Waals surface area contributed by atoms with Crippen LogP contribution in [0.4, 0.5) is 5.69 Å². The van der Waals surface area contributed by atoms with Crippen LogP contribution in [0.1, 0.15) is 5.56 Å².